The Kier molecular flexibility index (Phi) is 5.08. The summed E-state index contributed by atoms with van der Waals surface area (Å²) in [5.41, 5.74) is 5.04. The molecular weight excluding hydrogens is 346 g/mol. The van der Waals surface area contributed by atoms with Crippen molar-refractivity contribution in [3.63, 3.8) is 0 Å². The van der Waals surface area contributed by atoms with E-state index in [1.807, 2.05) is 20.8 Å². The van der Waals surface area contributed by atoms with Crippen LogP contribution in [0.2, 0.25) is 0 Å². The Morgan fingerprint density at radius 3 is 2.56 bits per heavy atom. The summed E-state index contributed by atoms with van der Waals surface area (Å²) in [5, 5.41) is 21.4. The first kappa shape index (κ1) is 18.8. The van der Waals surface area contributed by atoms with Crippen molar-refractivity contribution in [1.29, 1.82) is 0 Å². The molecule has 0 saturated heterocycles. The molecule has 0 spiro atoms. The van der Waals surface area contributed by atoms with Gasteiger partial charge in [-0.1, -0.05) is 6.92 Å². The van der Waals surface area contributed by atoms with Crippen molar-refractivity contribution in [2.45, 2.75) is 46.5 Å². The average Bonchev–Trinajstić information content (AvgIpc) is 3.10. The summed E-state index contributed by atoms with van der Waals surface area (Å²) in [6, 6.07) is 5.15. The number of hydrogen-bond acceptors (Lipinski definition) is 4. The predicted molar refractivity (Wildman–Crippen MR) is 102 cm³/mol. The van der Waals surface area contributed by atoms with Gasteiger partial charge in [0, 0.05) is 16.8 Å². The molecule has 0 saturated carbocycles. The van der Waals surface area contributed by atoms with Crippen LogP contribution in [0, 0.1) is 13.8 Å². The number of anilines is 1. The standard InChI is InChI=1S/C21H23NO5/c1-4-13-12(3)18(9-8-17(13)23)27-19-11(2)10-16(22-20(24)21(25)26)14-6-5-7-15(14)19/h8-10,23H,4-7H2,1-3H3,(H,22,24)(H,25,26). The van der Waals surface area contributed by atoms with Crippen LogP contribution in [-0.2, 0) is 28.9 Å². The van der Waals surface area contributed by atoms with Gasteiger partial charge in [-0.15, -0.1) is 0 Å². The van der Waals surface area contributed by atoms with Gasteiger partial charge in [0.1, 0.15) is 17.2 Å². The van der Waals surface area contributed by atoms with Gasteiger partial charge in [-0.25, -0.2) is 4.79 Å². The van der Waals surface area contributed by atoms with E-state index >= 15 is 0 Å². The van der Waals surface area contributed by atoms with Crippen LogP contribution in [0.1, 0.15) is 41.2 Å². The summed E-state index contributed by atoms with van der Waals surface area (Å²) >= 11 is 0. The molecule has 0 aromatic heterocycles. The molecule has 0 radical (unpaired) electrons. The molecule has 0 heterocycles. The largest absolute Gasteiger partial charge is 0.508 e. The minimum Gasteiger partial charge on any atom is -0.508 e. The second-order valence-corrected chi connectivity index (χ2v) is 6.78. The van der Waals surface area contributed by atoms with E-state index < -0.39 is 11.9 Å². The van der Waals surface area contributed by atoms with E-state index in [2.05, 4.69) is 5.32 Å². The first-order valence-corrected chi connectivity index (χ1v) is 9.02. The molecule has 3 rings (SSSR count). The lowest BCUT2D eigenvalue weighted by Gasteiger charge is -2.19. The van der Waals surface area contributed by atoms with Crippen molar-refractivity contribution < 1.29 is 24.5 Å². The van der Waals surface area contributed by atoms with E-state index in [0.717, 1.165) is 52.8 Å². The molecule has 0 bridgehead atoms. The zero-order chi connectivity index (χ0) is 19.7. The molecule has 1 aliphatic carbocycles. The maximum atomic E-state index is 11.6. The fraction of sp³-hybridized carbons (Fsp3) is 0.333. The number of ether oxygens (including phenoxy) is 1. The highest BCUT2D eigenvalue weighted by molar-refractivity contribution is 6.36. The molecule has 6 heteroatoms. The highest BCUT2D eigenvalue weighted by atomic mass is 16.5. The first-order chi connectivity index (χ1) is 12.8. The smallest absolute Gasteiger partial charge is 0.394 e. The molecule has 3 N–H and O–H groups in total. The molecule has 0 fully saturated rings. The van der Waals surface area contributed by atoms with Gasteiger partial charge in [0.15, 0.2) is 0 Å². The molecule has 1 amide bonds. The van der Waals surface area contributed by atoms with E-state index in [-0.39, 0.29) is 5.75 Å². The maximum absolute atomic E-state index is 11.6. The van der Waals surface area contributed by atoms with Crippen molar-refractivity contribution in [3.8, 4) is 17.2 Å². The number of amides is 1. The monoisotopic (exact) mass is 369 g/mol. The van der Waals surface area contributed by atoms with Crippen molar-refractivity contribution in [1.82, 2.24) is 0 Å². The summed E-state index contributed by atoms with van der Waals surface area (Å²) in [5.74, 6) is -0.863. The van der Waals surface area contributed by atoms with E-state index in [9.17, 15) is 14.7 Å². The normalized spacial score (nSPS) is 12.6. The van der Waals surface area contributed by atoms with Crippen LogP contribution in [0.25, 0.3) is 0 Å². The molecule has 1 aliphatic rings. The molecular formula is C21H23NO5. The number of rotatable bonds is 4. The number of carbonyl (C=O) groups is 2. The Morgan fingerprint density at radius 1 is 1.19 bits per heavy atom. The first-order valence-electron chi connectivity index (χ1n) is 9.02. The number of nitrogens with one attached hydrogen (secondary N) is 1. The number of fused-ring (bicyclic) bond motifs is 1. The van der Waals surface area contributed by atoms with Crippen LogP contribution >= 0.6 is 0 Å². The number of aryl methyl sites for hydroxylation is 1. The van der Waals surface area contributed by atoms with Gasteiger partial charge in [0.05, 0.1) is 0 Å². The summed E-state index contributed by atoms with van der Waals surface area (Å²) in [7, 11) is 0. The third-order valence-electron chi connectivity index (χ3n) is 5.07. The second-order valence-electron chi connectivity index (χ2n) is 6.78. The van der Waals surface area contributed by atoms with Crippen LogP contribution < -0.4 is 10.1 Å². The lowest BCUT2D eigenvalue weighted by atomic mass is 10.0. The number of carboxylic acids is 1. The fourth-order valence-electron chi connectivity index (χ4n) is 3.72. The number of aliphatic carboxylic acids is 1. The van der Waals surface area contributed by atoms with Crippen molar-refractivity contribution >= 4 is 17.6 Å². The van der Waals surface area contributed by atoms with Gasteiger partial charge in [-0.05, 0) is 74.4 Å². The van der Waals surface area contributed by atoms with Gasteiger partial charge >= 0.3 is 11.9 Å². The Bertz CT molecular complexity index is 933. The van der Waals surface area contributed by atoms with Crippen LogP contribution in [0.15, 0.2) is 18.2 Å². The fourth-order valence-corrected chi connectivity index (χ4v) is 3.72. The average molecular weight is 369 g/mol. The molecule has 2 aromatic carbocycles. The number of phenols is 1. The number of hydrogen-bond donors (Lipinski definition) is 3. The number of benzene rings is 2. The van der Waals surface area contributed by atoms with Gasteiger partial charge in [0.25, 0.3) is 0 Å². The summed E-state index contributed by atoms with van der Waals surface area (Å²) in [6.07, 6.45) is 3.18. The molecule has 0 unspecified atom stereocenters. The number of carboxylic acid groups (broad SMARTS) is 1. The third-order valence-corrected chi connectivity index (χ3v) is 5.07. The van der Waals surface area contributed by atoms with E-state index in [1.54, 1.807) is 18.2 Å². The lowest BCUT2D eigenvalue weighted by Crippen LogP contribution is -2.22. The van der Waals surface area contributed by atoms with Gasteiger partial charge in [0.2, 0.25) is 0 Å². The Hall–Kier alpha value is -3.02. The minimum absolute atomic E-state index is 0.260. The zero-order valence-corrected chi connectivity index (χ0v) is 15.7. The van der Waals surface area contributed by atoms with Crippen molar-refractivity contribution in [2.75, 3.05) is 5.32 Å². The molecule has 0 aliphatic heterocycles. The minimum atomic E-state index is -1.51. The Balaban J connectivity index is 2.02. The van der Waals surface area contributed by atoms with Gasteiger partial charge in [-0.3, -0.25) is 4.79 Å². The SMILES string of the molecule is CCc1c(O)ccc(Oc2c(C)cc(NC(=O)C(=O)O)c3c2CCC3)c1C. The van der Waals surface area contributed by atoms with Crippen LogP contribution in [0.4, 0.5) is 5.69 Å². The topological polar surface area (TPSA) is 95.9 Å². The zero-order valence-electron chi connectivity index (χ0n) is 15.7. The quantitative estimate of drug-likeness (QED) is 0.711. The van der Waals surface area contributed by atoms with Crippen LogP contribution in [0.5, 0.6) is 17.2 Å². The Labute approximate surface area is 157 Å². The summed E-state index contributed by atoms with van der Waals surface area (Å²) in [6.45, 7) is 5.78. The molecule has 6 nitrogen and oxygen atoms in total. The number of aromatic hydroxyl groups is 1. The number of carbonyl (C=O) groups excluding carboxylic acids is 1. The third kappa shape index (κ3) is 3.47. The maximum Gasteiger partial charge on any atom is 0.394 e. The van der Waals surface area contributed by atoms with E-state index in [4.69, 9.17) is 9.84 Å². The van der Waals surface area contributed by atoms with E-state index in [0.29, 0.717) is 17.9 Å². The Morgan fingerprint density at radius 2 is 1.89 bits per heavy atom. The lowest BCUT2D eigenvalue weighted by molar-refractivity contribution is -0.147. The highest BCUT2D eigenvalue weighted by Gasteiger charge is 2.25. The highest BCUT2D eigenvalue weighted by Crippen LogP contribution is 2.42. The van der Waals surface area contributed by atoms with Crippen molar-refractivity contribution in [3.05, 3.63) is 46.0 Å². The summed E-state index contributed by atoms with van der Waals surface area (Å²) in [4.78, 5) is 22.4. The second kappa shape index (κ2) is 7.31. The molecule has 0 atom stereocenters. The molecule has 27 heavy (non-hydrogen) atoms. The van der Waals surface area contributed by atoms with Crippen LogP contribution in [0.3, 0.4) is 0 Å². The molecule has 142 valence electrons. The predicted octanol–water partition coefficient (Wildman–Crippen LogP) is 3.88. The van der Waals surface area contributed by atoms with Crippen LogP contribution in [-0.4, -0.2) is 22.1 Å². The number of phenolic OH excluding ortho intramolecular Hbond substituents is 1. The molecule has 2 aromatic rings. The van der Waals surface area contributed by atoms with E-state index in [1.165, 1.54) is 0 Å². The van der Waals surface area contributed by atoms with Gasteiger partial charge < -0.3 is 20.3 Å². The summed E-state index contributed by atoms with van der Waals surface area (Å²) < 4.78 is 6.25. The van der Waals surface area contributed by atoms with Crippen molar-refractivity contribution in [2.24, 2.45) is 0 Å². The van der Waals surface area contributed by atoms with Gasteiger partial charge in [-0.2, -0.15) is 0 Å².